The molecule has 0 aliphatic carbocycles. The summed E-state index contributed by atoms with van der Waals surface area (Å²) in [5.41, 5.74) is 1.96. The van der Waals surface area contributed by atoms with Crippen LogP contribution in [0.15, 0.2) is 36.4 Å². The molecule has 2 aromatic rings. The fraction of sp³-hybridized carbons (Fsp3) is 0.522. The standard InChI is InChI=1S/C23H36ClN3O3SSi/c1-23(2,3)32(4,5)30-14-6-13-25-17-7-9-18(10-8-17)26-15-19(28)16-27-22(29)20-11-12-21(24)31-20/h7-12,19,25-26,28H,6,13-16H2,1-5H3,(H,27,29). The molecule has 1 amide bonds. The third-order valence-electron chi connectivity index (χ3n) is 5.64. The summed E-state index contributed by atoms with van der Waals surface area (Å²) < 4.78 is 6.76. The lowest BCUT2D eigenvalue weighted by Gasteiger charge is -2.36. The van der Waals surface area contributed by atoms with E-state index in [1.54, 1.807) is 12.1 Å². The molecule has 1 aromatic carbocycles. The van der Waals surface area contributed by atoms with Crippen molar-refractivity contribution in [3.8, 4) is 0 Å². The molecular formula is C23H36ClN3O3SSi. The maximum atomic E-state index is 12.0. The fourth-order valence-electron chi connectivity index (χ4n) is 2.60. The molecule has 1 atom stereocenters. The smallest absolute Gasteiger partial charge is 0.261 e. The second kappa shape index (κ2) is 12.0. The minimum absolute atomic E-state index is 0.165. The van der Waals surface area contributed by atoms with Crippen LogP contribution in [-0.2, 0) is 4.43 Å². The summed E-state index contributed by atoms with van der Waals surface area (Å²) in [5.74, 6) is -0.230. The summed E-state index contributed by atoms with van der Waals surface area (Å²) in [4.78, 5) is 12.5. The first-order chi connectivity index (χ1) is 15.0. The topological polar surface area (TPSA) is 82.6 Å². The van der Waals surface area contributed by atoms with Crippen LogP contribution in [0.5, 0.6) is 0 Å². The van der Waals surface area contributed by atoms with Crippen molar-refractivity contribution in [1.82, 2.24) is 5.32 Å². The Morgan fingerprint density at radius 1 is 1.09 bits per heavy atom. The Hall–Kier alpha value is -1.58. The highest BCUT2D eigenvalue weighted by Crippen LogP contribution is 2.36. The predicted molar refractivity (Wildman–Crippen MR) is 139 cm³/mol. The number of carbonyl (C=O) groups is 1. The maximum absolute atomic E-state index is 12.0. The highest BCUT2D eigenvalue weighted by Gasteiger charge is 2.36. The number of carbonyl (C=O) groups excluding carboxylic acids is 1. The minimum Gasteiger partial charge on any atom is -0.417 e. The van der Waals surface area contributed by atoms with E-state index in [1.165, 1.54) is 11.3 Å². The Balaban J connectivity index is 1.63. The zero-order valence-corrected chi connectivity index (χ0v) is 22.2. The summed E-state index contributed by atoms with van der Waals surface area (Å²) in [5, 5.41) is 19.7. The predicted octanol–water partition coefficient (Wildman–Crippen LogP) is 5.43. The van der Waals surface area contributed by atoms with Crippen LogP contribution in [0.1, 0.15) is 36.9 Å². The van der Waals surface area contributed by atoms with Gasteiger partial charge in [-0.2, -0.15) is 0 Å². The molecule has 178 valence electrons. The lowest BCUT2D eigenvalue weighted by Crippen LogP contribution is -2.41. The average Bonchev–Trinajstić information content (AvgIpc) is 3.16. The van der Waals surface area contributed by atoms with Gasteiger partial charge >= 0.3 is 0 Å². The third kappa shape index (κ3) is 8.75. The SMILES string of the molecule is CC(C)(C)[Si](C)(C)OCCCNc1ccc(NCC(O)CNC(=O)c2ccc(Cl)s2)cc1. The second-order valence-electron chi connectivity index (χ2n) is 9.31. The molecule has 0 aliphatic heterocycles. The van der Waals surface area contributed by atoms with Crippen molar-refractivity contribution in [1.29, 1.82) is 0 Å². The van der Waals surface area contributed by atoms with Crippen molar-refractivity contribution in [3.05, 3.63) is 45.6 Å². The fourth-order valence-corrected chi connectivity index (χ4v) is 4.64. The van der Waals surface area contributed by atoms with E-state index >= 15 is 0 Å². The number of amides is 1. The number of thiophene rings is 1. The number of rotatable bonds is 12. The Morgan fingerprint density at radius 3 is 2.28 bits per heavy atom. The highest BCUT2D eigenvalue weighted by molar-refractivity contribution is 7.18. The van der Waals surface area contributed by atoms with Gasteiger partial charge in [-0.3, -0.25) is 4.79 Å². The van der Waals surface area contributed by atoms with E-state index in [1.807, 2.05) is 24.3 Å². The first kappa shape index (κ1) is 26.7. The molecule has 1 unspecified atom stereocenters. The summed E-state index contributed by atoms with van der Waals surface area (Å²) in [6, 6.07) is 11.3. The van der Waals surface area contributed by atoms with Crippen LogP contribution in [0.2, 0.25) is 22.5 Å². The molecule has 0 spiro atoms. The van der Waals surface area contributed by atoms with E-state index < -0.39 is 14.4 Å². The van der Waals surface area contributed by atoms with Gasteiger partial charge in [-0.1, -0.05) is 32.4 Å². The van der Waals surface area contributed by atoms with E-state index in [-0.39, 0.29) is 17.5 Å². The lowest BCUT2D eigenvalue weighted by molar-refractivity contribution is 0.0926. The molecule has 6 nitrogen and oxygen atoms in total. The Kier molecular flexibility index (Phi) is 10.0. The van der Waals surface area contributed by atoms with Gasteiger partial charge in [-0.25, -0.2) is 0 Å². The van der Waals surface area contributed by atoms with Gasteiger partial charge in [-0.15, -0.1) is 11.3 Å². The normalized spacial score (nSPS) is 13.0. The van der Waals surface area contributed by atoms with Crippen LogP contribution in [0.3, 0.4) is 0 Å². The monoisotopic (exact) mass is 497 g/mol. The number of anilines is 2. The molecular weight excluding hydrogens is 462 g/mol. The molecule has 0 saturated carbocycles. The van der Waals surface area contributed by atoms with Crippen LogP contribution >= 0.6 is 22.9 Å². The highest BCUT2D eigenvalue weighted by atomic mass is 35.5. The van der Waals surface area contributed by atoms with Crippen LogP contribution in [0.4, 0.5) is 11.4 Å². The van der Waals surface area contributed by atoms with Gasteiger partial charge in [-0.05, 0) is 61.0 Å². The lowest BCUT2D eigenvalue weighted by atomic mass is 10.2. The number of nitrogens with one attached hydrogen (secondary N) is 3. The Labute approximate surface area is 201 Å². The molecule has 0 radical (unpaired) electrons. The van der Waals surface area contributed by atoms with Crippen molar-refractivity contribution in [3.63, 3.8) is 0 Å². The number of aliphatic hydroxyl groups excluding tert-OH is 1. The van der Waals surface area contributed by atoms with Crippen molar-refractivity contribution in [2.45, 2.75) is 51.4 Å². The summed E-state index contributed by atoms with van der Waals surface area (Å²) in [7, 11) is -1.67. The second-order valence-corrected chi connectivity index (χ2v) is 15.8. The van der Waals surface area contributed by atoms with Gasteiger partial charge in [0.1, 0.15) is 0 Å². The van der Waals surface area contributed by atoms with Crippen molar-refractivity contribution >= 4 is 48.5 Å². The Bertz CT molecular complexity index is 853. The zero-order valence-electron chi connectivity index (χ0n) is 19.6. The van der Waals surface area contributed by atoms with Crippen LogP contribution < -0.4 is 16.0 Å². The van der Waals surface area contributed by atoms with Gasteiger partial charge in [0, 0.05) is 37.6 Å². The summed E-state index contributed by atoms with van der Waals surface area (Å²) >= 11 is 7.05. The maximum Gasteiger partial charge on any atom is 0.261 e. The van der Waals surface area contributed by atoms with Crippen molar-refractivity contribution < 1.29 is 14.3 Å². The van der Waals surface area contributed by atoms with Crippen molar-refractivity contribution in [2.75, 3.05) is 36.9 Å². The number of halogens is 1. The first-order valence-corrected chi connectivity index (χ1v) is 15.0. The van der Waals surface area contributed by atoms with Gasteiger partial charge < -0.3 is 25.5 Å². The molecule has 1 aromatic heterocycles. The molecule has 1 heterocycles. The van der Waals surface area contributed by atoms with Gasteiger partial charge in [0.05, 0.1) is 15.3 Å². The van der Waals surface area contributed by atoms with E-state index in [0.717, 1.165) is 30.9 Å². The molecule has 0 saturated heterocycles. The molecule has 32 heavy (non-hydrogen) atoms. The molecule has 2 rings (SSSR count). The van der Waals surface area contributed by atoms with E-state index in [4.69, 9.17) is 16.0 Å². The van der Waals surface area contributed by atoms with E-state index in [0.29, 0.717) is 15.8 Å². The minimum atomic E-state index is -1.67. The largest absolute Gasteiger partial charge is 0.417 e. The van der Waals surface area contributed by atoms with Crippen LogP contribution in [0, 0.1) is 0 Å². The van der Waals surface area contributed by atoms with Crippen LogP contribution in [0.25, 0.3) is 0 Å². The molecule has 0 bridgehead atoms. The van der Waals surface area contributed by atoms with Gasteiger partial charge in [0.25, 0.3) is 5.91 Å². The average molecular weight is 498 g/mol. The van der Waals surface area contributed by atoms with Gasteiger partial charge in [0.2, 0.25) is 0 Å². The Morgan fingerprint density at radius 2 is 1.72 bits per heavy atom. The first-order valence-electron chi connectivity index (χ1n) is 10.9. The zero-order chi connectivity index (χ0) is 23.8. The number of hydrogen-bond donors (Lipinski definition) is 4. The number of hydrogen-bond acceptors (Lipinski definition) is 6. The van der Waals surface area contributed by atoms with E-state index in [9.17, 15) is 9.90 Å². The van der Waals surface area contributed by atoms with Crippen LogP contribution in [-0.4, -0.2) is 51.7 Å². The summed E-state index contributed by atoms with van der Waals surface area (Å²) in [6.07, 6.45) is 0.260. The third-order valence-corrected chi connectivity index (χ3v) is 11.4. The quantitative estimate of drug-likeness (QED) is 0.232. The molecule has 0 fully saturated rings. The molecule has 0 aliphatic rings. The van der Waals surface area contributed by atoms with E-state index in [2.05, 4.69) is 49.8 Å². The van der Waals surface area contributed by atoms with Gasteiger partial charge in [0.15, 0.2) is 8.32 Å². The summed E-state index contributed by atoms with van der Waals surface area (Å²) in [6.45, 7) is 13.4. The molecule has 4 N–H and O–H groups in total. The number of benzene rings is 1. The number of aliphatic hydroxyl groups is 1. The van der Waals surface area contributed by atoms with Crippen molar-refractivity contribution in [2.24, 2.45) is 0 Å². The molecule has 9 heteroatoms.